The summed E-state index contributed by atoms with van der Waals surface area (Å²) in [5, 5.41) is 9.35. The molecule has 0 aliphatic carbocycles. The molecule has 2 aliphatic rings. The van der Waals surface area contributed by atoms with Crippen molar-refractivity contribution in [1.29, 1.82) is 0 Å². The first-order valence-corrected chi connectivity index (χ1v) is 33.9. The van der Waals surface area contributed by atoms with Crippen molar-refractivity contribution in [3.8, 4) is 22.3 Å². The zero-order chi connectivity index (χ0) is 71.9. The van der Waals surface area contributed by atoms with Crippen molar-refractivity contribution in [2.45, 2.75) is 172 Å². The van der Waals surface area contributed by atoms with E-state index in [1.807, 2.05) is 96.0 Å². The number of carboxylic acids is 1. The number of halogens is 7. The Morgan fingerprint density at radius 3 is 1.54 bits per heavy atom. The number of pyridine rings is 2. The van der Waals surface area contributed by atoms with Crippen LogP contribution >= 0.6 is 23.2 Å². The first kappa shape index (κ1) is 81.6. The van der Waals surface area contributed by atoms with Gasteiger partial charge in [-0.25, -0.2) is 13.6 Å². The quantitative estimate of drug-likeness (QED) is 0.0366. The van der Waals surface area contributed by atoms with Gasteiger partial charge in [0.05, 0.1) is 53.8 Å². The minimum atomic E-state index is -4.67. The average Bonchev–Trinajstić information content (AvgIpc) is 0.793. The van der Waals surface area contributed by atoms with Crippen LogP contribution in [0.5, 0.6) is 0 Å². The number of hydrogen-bond acceptors (Lipinski definition) is 12. The van der Waals surface area contributed by atoms with E-state index in [2.05, 4.69) is 11.8 Å². The topological polar surface area (TPSA) is 193 Å². The Morgan fingerprint density at radius 1 is 0.633 bits per heavy atom. The number of ketones is 1. The van der Waals surface area contributed by atoms with Crippen molar-refractivity contribution >= 4 is 46.9 Å². The molecule has 2 saturated heterocycles. The predicted octanol–water partition coefficient (Wildman–Crippen LogP) is 15.8. The van der Waals surface area contributed by atoms with Crippen molar-refractivity contribution in [2.24, 2.45) is 23.5 Å². The largest absolute Gasteiger partial charge is 0.480 e. The van der Waals surface area contributed by atoms with Crippen LogP contribution in [-0.4, -0.2) is 113 Å². The fraction of sp³-hybridized carbons (Fsp3) is 0.500. The fourth-order valence-electron chi connectivity index (χ4n) is 12.8. The maximum atomic E-state index is 15.9. The van der Waals surface area contributed by atoms with Gasteiger partial charge in [-0.1, -0.05) is 102 Å². The first-order valence-electron chi connectivity index (χ1n) is 33.1. The lowest BCUT2D eigenvalue weighted by Crippen LogP contribution is -2.52. The smallest absolute Gasteiger partial charge is 0.416 e. The van der Waals surface area contributed by atoms with Gasteiger partial charge in [0, 0.05) is 94.8 Å². The van der Waals surface area contributed by atoms with E-state index in [4.69, 9.17) is 43.1 Å². The number of nitrogens with two attached hydrogens (primary N) is 1. The van der Waals surface area contributed by atoms with E-state index in [1.165, 1.54) is 0 Å². The van der Waals surface area contributed by atoms with Crippen molar-refractivity contribution < 1.29 is 60.4 Å². The fourth-order valence-corrected chi connectivity index (χ4v) is 13.2. The van der Waals surface area contributed by atoms with E-state index in [0.29, 0.717) is 43.6 Å². The van der Waals surface area contributed by atoms with Gasteiger partial charge in [-0.15, -0.1) is 0 Å². The summed E-state index contributed by atoms with van der Waals surface area (Å²) >= 11 is 12.6. The highest BCUT2D eigenvalue weighted by Gasteiger charge is 2.37. The van der Waals surface area contributed by atoms with Crippen LogP contribution in [0.2, 0.25) is 10.0 Å². The Labute approximate surface area is 583 Å². The lowest BCUT2D eigenvalue weighted by Gasteiger charge is -2.38. The van der Waals surface area contributed by atoms with E-state index in [-0.39, 0.29) is 109 Å². The maximum Gasteiger partial charge on any atom is 0.416 e. The number of carbonyl (C=O) groups excluding carboxylic acids is 3. The Kier molecular flexibility index (Phi) is 30.7. The summed E-state index contributed by atoms with van der Waals surface area (Å²) in [6, 6.07) is 17.8. The summed E-state index contributed by atoms with van der Waals surface area (Å²) in [5.74, 6) is -3.76. The maximum absolute atomic E-state index is 15.9. The van der Waals surface area contributed by atoms with Gasteiger partial charge in [-0.3, -0.25) is 28.9 Å². The van der Waals surface area contributed by atoms with E-state index >= 15 is 4.39 Å². The molecule has 8 rings (SSSR count). The number of aryl methyl sites for hydroxylation is 5. The van der Waals surface area contributed by atoms with Crippen LogP contribution in [0.15, 0.2) is 94.8 Å². The Bertz CT molecular complexity index is 3820. The number of aromatic nitrogens is 2. The zero-order valence-corrected chi connectivity index (χ0v) is 59.5. The molecule has 2 aromatic heterocycles. The van der Waals surface area contributed by atoms with Crippen molar-refractivity contribution in [1.82, 2.24) is 18.9 Å². The number of rotatable bonds is 27. The van der Waals surface area contributed by atoms with Gasteiger partial charge in [0.15, 0.2) is 5.78 Å². The molecule has 0 amide bonds. The molecule has 0 saturated carbocycles. The summed E-state index contributed by atoms with van der Waals surface area (Å²) in [6.07, 6.45) is -0.688. The molecule has 536 valence electrons. The molecule has 0 radical (unpaired) electrons. The molecular formula is C76H98Cl2F5N5O10. The first-order chi connectivity index (χ1) is 45.6. The molecular weight excluding hydrogens is 1310 g/mol. The second-order valence-corrected chi connectivity index (χ2v) is 27.4. The summed E-state index contributed by atoms with van der Waals surface area (Å²) in [4.78, 5) is 80.3. The average molecular weight is 1410 g/mol. The zero-order valence-electron chi connectivity index (χ0n) is 57.9. The van der Waals surface area contributed by atoms with E-state index in [1.54, 1.807) is 69.7 Å². The Hall–Kier alpha value is -7.07. The summed E-state index contributed by atoms with van der Waals surface area (Å²) < 4.78 is 88.2. The molecule has 2 aliphatic heterocycles. The molecule has 2 fully saturated rings. The number of benzene rings is 4. The third-order valence-electron chi connectivity index (χ3n) is 17.7. The normalized spacial score (nSPS) is 14.8. The van der Waals surface area contributed by atoms with Gasteiger partial charge in [0.1, 0.15) is 17.7 Å². The van der Waals surface area contributed by atoms with Crippen LogP contribution in [0.4, 0.5) is 22.0 Å². The van der Waals surface area contributed by atoms with Crippen LogP contribution in [0, 0.1) is 64.0 Å². The standard InChI is InChI=1S/C38H48ClFN2O4.C19H21ClFNO2.C18H25F3N2O4.CH4/c1-8-46-36(45)19-29(31-16-30(17-32(39)38(31)40)37-25(5)10-9-11-26(37)6)18-34(43)33(14-23(2)3)42-22-28(27(7)15-35(42)44)12-13-41-20-24(4)21-41;1-4-24-17(23)10-16(22)14-8-13(9-15(20)19(14)21)18-11(2)6-5-7-12(18)3;1-11(2)6-15(17(25)26)23-8-12(4-5-22-9-13(10-22)27-3)14(7-16(23)24)18(19,20)21;/h9-11,15-17,22-24,29,33H,8,12-14,18-21H2,1-7H3;5-9,16H,4,10,22H2,1-3H3;7-8,11,13,15H,4-6,9-10H2,1-3H3,(H,25,26);1H4/t29-,33?;16-;;/m00../s1. The van der Waals surface area contributed by atoms with Crippen molar-refractivity contribution in [3.63, 3.8) is 0 Å². The van der Waals surface area contributed by atoms with Crippen LogP contribution in [-0.2, 0) is 52.4 Å². The minimum Gasteiger partial charge on any atom is -0.480 e. The molecule has 2 unspecified atom stereocenters. The summed E-state index contributed by atoms with van der Waals surface area (Å²) in [7, 11) is 1.58. The second-order valence-electron chi connectivity index (χ2n) is 26.5. The van der Waals surface area contributed by atoms with E-state index < -0.39 is 70.9 Å². The number of hydrogen-bond donors (Lipinski definition) is 2. The predicted molar refractivity (Wildman–Crippen MR) is 377 cm³/mol. The lowest BCUT2D eigenvalue weighted by molar-refractivity contribution is -0.144. The van der Waals surface area contributed by atoms with Crippen molar-refractivity contribution in [2.75, 3.05) is 59.6 Å². The SMILES string of the molecule is C.CCOC(=O)C[C@H](CC(=O)C(CC(C)C)n1cc(CCN2CC(C)C2)c(C)cc1=O)c1cc(-c2c(C)cccc2C)cc(Cl)c1F.CCOC(=O)C[C@H](N)c1cc(-c2c(C)cccc2C)cc(Cl)c1F.COC1CN(CCc2cn(C(CC(C)C)C(=O)O)c(=O)cc2C(F)(F)F)C1. The number of carbonyl (C=O) groups is 4. The number of likely N-dealkylation sites (tertiary alicyclic amines) is 2. The number of nitrogens with zero attached hydrogens (tertiary/aromatic N) is 4. The highest BCUT2D eigenvalue weighted by molar-refractivity contribution is 6.31. The summed E-state index contributed by atoms with van der Waals surface area (Å²) in [5.41, 5.74) is 13.6. The second kappa shape index (κ2) is 36.8. The summed E-state index contributed by atoms with van der Waals surface area (Å²) in [6.45, 7) is 28.2. The van der Waals surface area contributed by atoms with Crippen LogP contribution in [0.25, 0.3) is 22.3 Å². The van der Waals surface area contributed by atoms with Gasteiger partial charge in [-0.05, 0) is 183 Å². The third-order valence-corrected chi connectivity index (χ3v) is 18.3. The van der Waals surface area contributed by atoms with Crippen molar-refractivity contribution in [3.05, 3.63) is 183 Å². The molecule has 4 aromatic carbocycles. The van der Waals surface area contributed by atoms with E-state index in [9.17, 15) is 51.4 Å². The monoisotopic (exact) mass is 1410 g/mol. The molecule has 0 bridgehead atoms. The number of alkyl halides is 3. The van der Waals surface area contributed by atoms with Crippen LogP contribution in [0.1, 0.15) is 168 Å². The third kappa shape index (κ3) is 22.0. The van der Waals surface area contributed by atoms with Gasteiger partial charge in [-0.2, -0.15) is 13.2 Å². The van der Waals surface area contributed by atoms with Crippen LogP contribution in [0.3, 0.4) is 0 Å². The number of methoxy groups -OCH3 is 1. The molecule has 22 heteroatoms. The minimum absolute atomic E-state index is 0. The molecule has 6 aromatic rings. The van der Waals surface area contributed by atoms with Gasteiger partial charge in [0.2, 0.25) is 0 Å². The van der Waals surface area contributed by atoms with Crippen LogP contribution < -0.4 is 16.9 Å². The molecule has 0 spiro atoms. The van der Waals surface area contributed by atoms with Gasteiger partial charge < -0.3 is 39.1 Å². The molecule has 3 N–H and O–H groups in total. The van der Waals surface area contributed by atoms with E-state index in [0.717, 1.165) is 86.9 Å². The lowest BCUT2D eigenvalue weighted by atomic mass is 9.84. The highest BCUT2D eigenvalue weighted by Crippen LogP contribution is 2.40. The molecule has 98 heavy (non-hydrogen) atoms. The number of aliphatic carboxylic acids is 1. The number of esters is 2. The number of carboxylic acid groups (broad SMARTS) is 1. The van der Waals surface area contributed by atoms with Gasteiger partial charge in [0.25, 0.3) is 11.1 Å². The Morgan fingerprint density at radius 2 is 1.07 bits per heavy atom. The molecule has 15 nitrogen and oxygen atoms in total. The number of Topliss-reactive ketones (excluding diaryl/α,β-unsaturated/α-hetero) is 1. The number of ether oxygens (including phenoxy) is 3. The van der Waals surface area contributed by atoms with Gasteiger partial charge >= 0.3 is 24.1 Å². The molecule has 4 heterocycles. The molecule has 4 atom stereocenters. The Balaban J connectivity index is 0.000000285. The highest BCUT2D eigenvalue weighted by atomic mass is 35.5.